The van der Waals surface area contributed by atoms with E-state index in [1.807, 2.05) is 24.4 Å². The number of nitrogens with zero attached hydrogens (tertiary/aromatic N) is 1. The lowest BCUT2D eigenvalue weighted by Gasteiger charge is -2.06. The largest absolute Gasteiger partial charge is 0.484 e. The molecule has 0 atom stereocenters. The average molecular weight is 423 g/mol. The molecule has 1 aromatic heterocycles. The number of ketones is 1. The summed E-state index contributed by atoms with van der Waals surface area (Å²) in [4.78, 5) is 39.3. The SMILES string of the molecule is CCC(=O)c1ccc(OCC(=O)Nc2nc(-c3ccc(NC(C)=O)cc3)cs2)cc1. The number of carbonyl (C=O) groups excluding carboxylic acids is 3. The van der Waals surface area contributed by atoms with E-state index in [-0.39, 0.29) is 24.2 Å². The van der Waals surface area contributed by atoms with Crippen molar-refractivity contribution in [3.63, 3.8) is 0 Å². The van der Waals surface area contributed by atoms with Crippen LogP contribution in [-0.4, -0.2) is 29.2 Å². The number of carbonyl (C=O) groups is 3. The summed E-state index contributed by atoms with van der Waals surface area (Å²) in [6, 6.07) is 14.0. The number of aromatic nitrogens is 1. The van der Waals surface area contributed by atoms with Crippen molar-refractivity contribution in [1.82, 2.24) is 4.98 Å². The Kier molecular flexibility index (Phi) is 6.92. The average Bonchev–Trinajstić information content (AvgIpc) is 3.20. The van der Waals surface area contributed by atoms with Crippen molar-refractivity contribution in [2.75, 3.05) is 17.2 Å². The minimum Gasteiger partial charge on any atom is -0.484 e. The highest BCUT2D eigenvalue weighted by molar-refractivity contribution is 7.14. The second kappa shape index (κ2) is 9.80. The fraction of sp³-hybridized carbons (Fsp3) is 0.182. The lowest BCUT2D eigenvalue weighted by Crippen LogP contribution is -2.20. The molecule has 8 heteroatoms. The standard InChI is InChI=1S/C22H21N3O4S/c1-3-20(27)16-6-10-18(11-7-16)29-12-21(28)25-22-24-19(13-30-22)15-4-8-17(9-5-15)23-14(2)26/h4-11,13H,3,12H2,1-2H3,(H,23,26)(H,24,25,28). The van der Waals surface area contributed by atoms with Gasteiger partial charge in [0, 0.05) is 35.5 Å². The number of rotatable bonds is 8. The molecule has 0 bridgehead atoms. The second-order valence-electron chi connectivity index (χ2n) is 6.43. The topological polar surface area (TPSA) is 97.4 Å². The maximum absolute atomic E-state index is 12.1. The summed E-state index contributed by atoms with van der Waals surface area (Å²) in [5.74, 6) is 0.111. The van der Waals surface area contributed by atoms with Crippen LogP contribution < -0.4 is 15.4 Å². The summed E-state index contributed by atoms with van der Waals surface area (Å²) in [7, 11) is 0. The predicted octanol–water partition coefficient (Wildman–Crippen LogP) is 4.38. The first-order valence-corrected chi connectivity index (χ1v) is 10.2. The smallest absolute Gasteiger partial charge is 0.264 e. The Hall–Kier alpha value is -3.52. The maximum atomic E-state index is 12.1. The third-order valence-corrected chi connectivity index (χ3v) is 4.88. The number of benzene rings is 2. The van der Waals surface area contributed by atoms with Crippen molar-refractivity contribution in [3.05, 3.63) is 59.5 Å². The summed E-state index contributed by atoms with van der Waals surface area (Å²) < 4.78 is 5.46. The van der Waals surface area contributed by atoms with Crippen LogP contribution in [0.2, 0.25) is 0 Å². The molecular weight excluding hydrogens is 402 g/mol. The highest BCUT2D eigenvalue weighted by Gasteiger charge is 2.10. The Labute approximate surface area is 178 Å². The van der Waals surface area contributed by atoms with Crippen molar-refractivity contribution >= 4 is 39.8 Å². The number of thiazole rings is 1. The van der Waals surface area contributed by atoms with Crippen LogP contribution in [-0.2, 0) is 9.59 Å². The normalized spacial score (nSPS) is 10.3. The lowest BCUT2D eigenvalue weighted by atomic mass is 10.1. The maximum Gasteiger partial charge on any atom is 0.264 e. The van der Waals surface area contributed by atoms with Crippen molar-refractivity contribution in [1.29, 1.82) is 0 Å². The van der Waals surface area contributed by atoms with Crippen LogP contribution in [0.25, 0.3) is 11.3 Å². The summed E-state index contributed by atoms with van der Waals surface area (Å²) >= 11 is 1.31. The van der Waals surface area contributed by atoms with E-state index in [4.69, 9.17) is 4.74 Å². The van der Waals surface area contributed by atoms with Crippen molar-refractivity contribution in [2.24, 2.45) is 0 Å². The van der Waals surface area contributed by atoms with Gasteiger partial charge in [-0.15, -0.1) is 11.3 Å². The third kappa shape index (κ3) is 5.74. The Morgan fingerprint density at radius 2 is 1.70 bits per heavy atom. The molecule has 7 nitrogen and oxygen atoms in total. The Morgan fingerprint density at radius 3 is 2.33 bits per heavy atom. The van der Waals surface area contributed by atoms with E-state index in [0.717, 1.165) is 11.3 Å². The fourth-order valence-corrected chi connectivity index (χ4v) is 3.37. The summed E-state index contributed by atoms with van der Waals surface area (Å²) in [5, 5.41) is 7.73. The van der Waals surface area contributed by atoms with E-state index in [2.05, 4.69) is 15.6 Å². The molecule has 154 valence electrons. The molecule has 0 saturated heterocycles. The molecule has 2 aromatic carbocycles. The third-order valence-electron chi connectivity index (χ3n) is 4.12. The molecule has 0 aliphatic heterocycles. The van der Waals surface area contributed by atoms with Gasteiger partial charge in [0.15, 0.2) is 17.5 Å². The van der Waals surface area contributed by atoms with Crippen LogP contribution >= 0.6 is 11.3 Å². The Balaban J connectivity index is 1.53. The monoisotopic (exact) mass is 423 g/mol. The number of Topliss-reactive ketones (excluding diaryl/α,β-unsaturated/α-hetero) is 1. The van der Waals surface area contributed by atoms with Crippen LogP contribution in [0.15, 0.2) is 53.9 Å². The molecule has 0 aliphatic rings. The van der Waals surface area contributed by atoms with Gasteiger partial charge in [0.2, 0.25) is 5.91 Å². The zero-order chi connectivity index (χ0) is 21.5. The van der Waals surface area contributed by atoms with Crippen LogP contribution in [0.3, 0.4) is 0 Å². The number of anilines is 2. The first-order valence-electron chi connectivity index (χ1n) is 9.34. The van der Waals surface area contributed by atoms with E-state index < -0.39 is 0 Å². The van der Waals surface area contributed by atoms with E-state index in [9.17, 15) is 14.4 Å². The van der Waals surface area contributed by atoms with Gasteiger partial charge >= 0.3 is 0 Å². The number of amides is 2. The van der Waals surface area contributed by atoms with Gasteiger partial charge in [0.05, 0.1) is 5.69 Å². The molecular formula is C22H21N3O4S. The second-order valence-corrected chi connectivity index (χ2v) is 7.29. The van der Waals surface area contributed by atoms with Gasteiger partial charge < -0.3 is 10.1 Å². The summed E-state index contributed by atoms with van der Waals surface area (Å²) in [6.45, 7) is 3.10. The number of ether oxygens (including phenoxy) is 1. The highest BCUT2D eigenvalue weighted by atomic mass is 32.1. The van der Waals surface area contributed by atoms with Crippen LogP contribution in [0.1, 0.15) is 30.6 Å². The number of hydrogen-bond acceptors (Lipinski definition) is 6. The van der Waals surface area contributed by atoms with Gasteiger partial charge in [-0.25, -0.2) is 4.98 Å². The zero-order valence-corrected chi connectivity index (χ0v) is 17.4. The minimum atomic E-state index is -0.328. The molecule has 2 N–H and O–H groups in total. The molecule has 0 aliphatic carbocycles. The molecule has 0 unspecified atom stereocenters. The molecule has 30 heavy (non-hydrogen) atoms. The predicted molar refractivity (Wildman–Crippen MR) is 117 cm³/mol. The summed E-state index contributed by atoms with van der Waals surface area (Å²) in [5.41, 5.74) is 2.93. The van der Waals surface area contributed by atoms with E-state index in [0.29, 0.717) is 28.6 Å². The minimum absolute atomic E-state index is 0.0589. The van der Waals surface area contributed by atoms with Crippen LogP contribution in [0.5, 0.6) is 5.75 Å². The quantitative estimate of drug-likeness (QED) is 0.524. The molecule has 0 fully saturated rings. The lowest BCUT2D eigenvalue weighted by molar-refractivity contribution is -0.118. The van der Waals surface area contributed by atoms with Gasteiger partial charge in [-0.3, -0.25) is 19.7 Å². The molecule has 0 saturated carbocycles. The van der Waals surface area contributed by atoms with E-state index >= 15 is 0 Å². The zero-order valence-electron chi connectivity index (χ0n) is 16.6. The first kappa shape index (κ1) is 21.2. The van der Waals surface area contributed by atoms with Crippen molar-refractivity contribution < 1.29 is 19.1 Å². The van der Waals surface area contributed by atoms with E-state index in [1.54, 1.807) is 36.4 Å². The molecule has 3 aromatic rings. The Bertz CT molecular complexity index is 1040. The fourth-order valence-electron chi connectivity index (χ4n) is 2.64. The van der Waals surface area contributed by atoms with Gasteiger partial charge in [-0.1, -0.05) is 19.1 Å². The van der Waals surface area contributed by atoms with Crippen molar-refractivity contribution in [2.45, 2.75) is 20.3 Å². The molecule has 2 amide bonds. The number of hydrogen-bond donors (Lipinski definition) is 2. The number of nitrogens with one attached hydrogen (secondary N) is 2. The molecule has 0 spiro atoms. The van der Waals surface area contributed by atoms with Gasteiger partial charge in [0.1, 0.15) is 5.75 Å². The Morgan fingerprint density at radius 1 is 1.00 bits per heavy atom. The highest BCUT2D eigenvalue weighted by Crippen LogP contribution is 2.26. The van der Waals surface area contributed by atoms with Crippen LogP contribution in [0, 0.1) is 0 Å². The van der Waals surface area contributed by atoms with Gasteiger partial charge in [0.25, 0.3) is 5.91 Å². The summed E-state index contributed by atoms with van der Waals surface area (Å²) in [6.07, 6.45) is 0.442. The molecule has 3 rings (SSSR count). The van der Waals surface area contributed by atoms with Gasteiger partial charge in [-0.2, -0.15) is 0 Å². The first-order chi connectivity index (χ1) is 14.4. The van der Waals surface area contributed by atoms with E-state index in [1.165, 1.54) is 18.3 Å². The molecule has 0 radical (unpaired) electrons. The van der Waals surface area contributed by atoms with Crippen molar-refractivity contribution in [3.8, 4) is 17.0 Å². The molecule has 1 heterocycles. The van der Waals surface area contributed by atoms with Gasteiger partial charge in [-0.05, 0) is 36.4 Å². The van der Waals surface area contributed by atoms with Crippen LogP contribution in [0.4, 0.5) is 10.8 Å².